The van der Waals surface area contributed by atoms with Crippen LogP contribution in [0.2, 0.25) is 0 Å². The van der Waals surface area contributed by atoms with Gasteiger partial charge in [0.1, 0.15) is 5.75 Å². The summed E-state index contributed by atoms with van der Waals surface area (Å²) in [5, 5.41) is 9.48. The second kappa shape index (κ2) is 5.12. The zero-order chi connectivity index (χ0) is 15.1. The summed E-state index contributed by atoms with van der Waals surface area (Å²) in [6.45, 7) is 8.36. The van der Waals surface area contributed by atoms with Crippen LogP contribution in [0.25, 0.3) is 0 Å². The standard InChI is InChI=1S/C17H24O3/c1-10-6-7-15(20-5)13(8-10)12-9-14(16(18)19)17(3,4)11(12)2/h6-8,11-12,14H,9H2,1-5H3,(H,18,19). The van der Waals surface area contributed by atoms with Gasteiger partial charge >= 0.3 is 5.97 Å². The summed E-state index contributed by atoms with van der Waals surface area (Å²) in [7, 11) is 1.67. The van der Waals surface area contributed by atoms with Crippen LogP contribution in [0.3, 0.4) is 0 Å². The maximum absolute atomic E-state index is 11.5. The van der Waals surface area contributed by atoms with Crippen molar-refractivity contribution in [2.45, 2.75) is 40.0 Å². The van der Waals surface area contributed by atoms with Crippen molar-refractivity contribution in [1.29, 1.82) is 0 Å². The third kappa shape index (κ3) is 2.30. The van der Waals surface area contributed by atoms with Gasteiger partial charge in [-0.05, 0) is 42.2 Å². The number of carboxylic acids is 1. The van der Waals surface area contributed by atoms with E-state index in [2.05, 4.69) is 33.8 Å². The van der Waals surface area contributed by atoms with Gasteiger partial charge < -0.3 is 9.84 Å². The lowest BCUT2D eigenvalue weighted by atomic mass is 9.74. The van der Waals surface area contributed by atoms with Crippen molar-refractivity contribution >= 4 is 5.97 Å². The average molecular weight is 276 g/mol. The van der Waals surface area contributed by atoms with E-state index in [1.54, 1.807) is 7.11 Å². The third-order valence-corrected chi connectivity index (χ3v) is 5.25. The van der Waals surface area contributed by atoms with Crippen molar-refractivity contribution in [3.63, 3.8) is 0 Å². The molecule has 0 spiro atoms. The van der Waals surface area contributed by atoms with Crippen LogP contribution in [0.4, 0.5) is 0 Å². The molecule has 1 N–H and O–H groups in total. The van der Waals surface area contributed by atoms with E-state index in [0.717, 1.165) is 11.3 Å². The van der Waals surface area contributed by atoms with Gasteiger partial charge in [0.2, 0.25) is 0 Å². The Morgan fingerprint density at radius 1 is 1.40 bits per heavy atom. The molecule has 1 aliphatic rings. The third-order valence-electron chi connectivity index (χ3n) is 5.25. The molecule has 3 nitrogen and oxygen atoms in total. The zero-order valence-corrected chi connectivity index (χ0v) is 12.9. The monoisotopic (exact) mass is 276 g/mol. The Hall–Kier alpha value is -1.51. The van der Waals surface area contributed by atoms with Gasteiger partial charge in [-0.15, -0.1) is 0 Å². The lowest BCUT2D eigenvalue weighted by Crippen LogP contribution is -2.29. The van der Waals surface area contributed by atoms with Crippen LogP contribution in [-0.4, -0.2) is 18.2 Å². The lowest BCUT2D eigenvalue weighted by molar-refractivity contribution is -0.145. The molecule has 3 atom stereocenters. The van der Waals surface area contributed by atoms with Crippen LogP contribution in [0, 0.1) is 24.2 Å². The Labute approximate surface area is 121 Å². The van der Waals surface area contributed by atoms with Crippen LogP contribution < -0.4 is 4.74 Å². The highest BCUT2D eigenvalue weighted by Crippen LogP contribution is 2.55. The Morgan fingerprint density at radius 2 is 2.05 bits per heavy atom. The molecule has 0 heterocycles. The van der Waals surface area contributed by atoms with Crippen molar-refractivity contribution in [2.24, 2.45) is 17.3 Å². The summed E-state index contributed by atoms with van der Waals surface area (Å²) in [6, 6.07) is 6.15. The topological polar surface area (TPSA) is 46.5 Å². The van der Waals surface area contributed by atoms with E-state index >= 15 is 0 Å². The van der Waals surface area contributed by atoms with Gasteiger partial charge in [-0.2, -0.15) is 0 Å². The van der Waals surface area contributed by atoms with Crippen LogP contribution in [0.5, 0.6) is 5.75 Å². The van der Waals surface area contributed by atoms with E-state index in [1.807, 2.05) is 12.1 Å². The Morgan fingerprint density at radius 3 is 2.55 bits per heavy atom. The molecule has 110 valence electrons. The Balaban J connectivity index is 2.44. The molecular weight excluding hydrogens is 252 g/mol. The largest absolute Gasteiger partial charge is 0.496 e. The van der Waals surface area contributed by atoms with Crippen LogP contribution in [0.15, 0.2) is 18.2 Å². The molecule has 0 saturated heterocycles. The zero-order valence-electron chi connectivity index (χ0n) is 12.9. The van der Waals surface area contributed by atoms with Gasteiger partial charge in [0.25, 0.3) is 0 Å². The molecule has 0 aliphatic heterocycles. The van der Waals surface area contributed by atoms with Crippen LogP contribution >= 0.6 is 0 Å². The second-order valence-corrected chi connectivity index (χ2v) is 6.59. The van der Waals surface area contributed by atoms with Gasteiger partial charge in [0.15, 0.2) is 0 Å². The highest BCUT2D eigenvalue weighted by Gasteiger charge is 2.50. The first-order valence-electron chi connectivity index (χ1n) is 7.16. The van der Waals surface area contributed by atoms with Gasteiger partial charge in [-0.3, -0.25) is 4.79 Å². The van der Waals surface area contributed by atoms with E-state index in [0.29, 0.717) is 12.3 Å². The van der Waals surface area contributed by atoms with E-state index in [1.165, 1.54) is 5.56 Å². The summed E-state index contributed by atoms with van der Waals surface area (Å²) in [5.74, 6) is 0.429. The first kappa shape index (κ1) is 14.9. The van der Waals surface area contributed by atoms with E-state index in [9.17, 15) is 9.90 Å². The van der Waals surface area contributed by atoms with E-state index in [4.69, 9.17) is 4.74 Å². The Bertz CT molecular complexity index is 519. The molecule has 1 saturated carbocycles. The number of carbonyl (C=O) groups is 1. The van der Waals surface area contributed by atoms with Crippen molar-refractivity contribution < 1.29 is 14.6 Å². The minimum atomic E-state index is -0.684. The molecule has 2 rings (SSSR count). The molecule has 0 radical (unpaired) electrons. The molecule has 20 heavy (non-hydrogen) atoms. The van der Waals surface area contributed by atoms with Crippen LogP contribution in [0.1, 0.15) is 44.2 Å². The number of carboxylic acid groups (broad SMARTS) is 1. The predicted octanol–water partition coefficient (Wildman–Crippen LogP) is 3.85. The number of hydrogen-bond donors (Lipinski definition) is 1. The molecule has 1 fully saturated rings. The Kier molecular flexibility index (Phi) is 3.81. The molecule has 0 bridgehead atoms. The number of methoxy groups -OCH3 is 1. The van der Waals surface area contributed by atoms with Crippen LogP contribution in [-0.2, 0) is 4.79 Å². The summed E-state index contributed by atoms with van der Waals surface area (Å²) in [5.41, 5.74) is 2.13. The average Bonchev–Trinajstić information content (AvgIpc) is 2.61. The fourth-order valence-corrected chi connectivity index (χ4v) is 3.56. The molecular formula is C17H24O3. The number of hydrogen-bond acceptors (Lipinski definition) is 2. The normalized spacial score (nSPS) is 28.4. The first-order valence-corrected chi connectivity index (χ1v) is 7.16. The van der Waals surface area contributed by atoms with Gasteiger partial charge in [0.05, 0.1) is 13.0 Å². The minimum Gasteiger partial charge on any atom is -0.496 e. The quantitative estimate of drug-likeness (QED) is 0.912. The molecule has 1 aromatic rings. The summed E-state index contributed by atoms with van der Waals surface area (Å²) in [6.07, 6.45) is 0.684. The second-order valence-electron chi connectivity index (χ2n) is 6.59. The fourth-order valence-electron chi connectivity index (χ4n) is 3.56. The summed E-state index contributed by atoms with van der Waals surface area (Å²) < 4.78 is 5.48. The highest BCUT2D eigenvalue weighted by atomic mass is 16.5. The minimum absolute atomic E-state index is 0.203. The molecule has 1 aliphatic carbocycles. The lowest BCUT2D eigenvalue weighted by Gasteiger charge is -2.30. The smallest absolute Gasteiger partial charge is 0.307 e. The van der Waals surface area contributed by atoms with Gasteiger partial charge in [-0.25, -0.2) is 0 Å². The number of benzene rings is 1. The molecule has 0 aromatic heterocycles. The van der Waals surface area contributed by atoms with Gasteiger partial charge in [-0.1, -0.05) is 38.5 Å². The predicted molar refractivity (Wildman–Crippen MR) is 79.2 cm³/mol. The van der Waals surface area contributed by atoms with E-state index < -0.39 is 5.97 Å². The number of aryl methyl sites for hydroxylation is 1. The van der Waals surface area contributed by atoms with Crippen molar-refractivity contribution in [3.05, 3.63) is 29.3 Å². The molecule has 3 unspecified atom stereocenters. The molecule has 1 aromatic carbocycles. The molecule has 0 amide bonds. The first-order chi connectivity index (χ1) is 9.28. The van der Waals surface area contributed by atoms with Crippen molar-refractivity contribution in [3.8, 4) is 5.75 Å². The maximum Gasteiger partial charge on any atom is 0.307 e. The number of ether oxygens (including phenoxy) is 1. The van der Waals surface area contributed by atoms with Crippen molar-refractivity contribution in [1.82, 2.24) is 0 Å². The number of aliphatic carboxylic acids is 1. The SMILES string of the molecule is COc1ccc(C)cc1C1CC(C(=O)O)C(C)(C)C1C. The molecule has 3 heteroatoms. The van der Waals surface area contributed by atoms with Gasteiger partial charge in [0, 0.05) is 0 Å². The van der Waals surface area contributed by atoms with E-state index in [-0.39, 0.29) is 17.3 Å². The summed E-state index contributed by atoms with van der Waals surface area (Å²) in [4.78, 5) is 11.5. The fraction of sp³-hybridized carbons (Fsp3) is 0.588. The maximum atomic E-state index is 11.5. The summed E-state index contributed by atoms with van der Waals surface area (Å²) >= 11 is 0. The highest BCUT2D eigenvalue weighted by molar-refractivity contribution is 5.72. The van der Waals surface area contributed by atoms with Crippen molar-refractivity contribution in [2.75, 3.05) is 7.11 Å². The number of rotatable bonds is 3.